The monoisotopic (exact) mass is 316 g/mol. The first-order valence-electron chi connectivity index (χ1n) is 7.12. The van der Waals surface area contributed by atoms with E-state index in [1.165, 1.54) is 11.8 Å². The molecule has 7 nitrogen and oxygen atoms in total. The van der Waals surface area contributed by atoms with Crippen molar-refractivity contribution >= 4 is 17.7 Å². The summed E-state index contributed by atoms with van der Waals surface area (Å²) >= 11 is 1.42. The molecule has 1 fully saturated rings. The molecule has 1 aliphatic rings. The fourth-order valence-corrected chi connectivity index (χ4v) is 3.14. The van der Waals surface area contributed by atoms with E-state index in [1.807, 2.05) is 18.2 Å². The fourth-order valence-electron chi connectivity index (χ4n) is 2.26. The topological polar surface area (TPSA) is 79.9 Å². The van der Waals surface area contributed by atoms with Crippen molar-refractivity contribution in [2.45, 2.75) is 23.7 Å². The molecule has 0 bridgehead atoms. The third-order valence-corrected chi connectivity index (χ3v) is 4.26. The van der Waals surface area contributed by atoms with Crippen molar-refractivity contribution < 1.29 is 4.74 Å². The van der Waals surface area contributed by atoms with Crippen LogP contribution in [0, 0.1) is 11.3 Å². The molecule has 1 aliphatic heterocycles. The molecule has 0 atom stereocenters. The molecule has 3 heterocycles. The van der Waals surface area contributed by atoms with Crippen LogP contribution in [0.3, 0.4) is 0 Å². The highest BCUT2D eigenvalue weighted by Gasteiger charge is 2.20. The zero-order chi connectivity index (χ0) is 15.4. The number of rotatable bonds is 4. The summed E-state index contributed by atoms with van der Waals surface area (Å²) in [6.45, 7) is 5.92. The summed E-state index contributed by atoms with van der Waals surface area (Å²) in [5, 5.41) is 19.1. The number of ether oxygens (including phenoxy) is 1. The lowest BCUT2D eigenvalue weighted by atomic mass is 10.4. The van der Waals surface area contributed by atoms with Crippen LogP contribution in [0.25, 0.3) is 0 Å². The van der Waals surface area contributed by atoms with E-state index in [2.05, 4.69) is 31.6 Å². The molecule has 22 heavy (non-hydrogen) atoms. The molecular weight excluding hydrogens is 300 g/mol. The lowest BCUT2D eigenvalue weighted by molar-refractivity contribution is 0.121. The highest BCUT2D eigenvalue weighted by Crippen LogP contribution is 2.27. The molecule has 0 aromatic carbocycles. The maximum Gasteiger partial charge on any atom is 0.228 e. The van der Waals surface area contributed by atoms with Crippen LogP contribution in [0.4, 0.5) is 5.95 Å². The first kappa shape index (κ1) is 14.8. The van der Waals surface area contributed by atoms with Gasteiger partial charge in [0.2, 0.25) is 5.95 Å². The molecule has 0 spiro atoms. The Balaban J connectivity index is 1.84. The lowest BCUT2D eigenvalue weighted by Crippen LogP contribution is -2.38. The molecule has 0 saturated carbocycles. The van der Waals surface area contributed by atoms with Crippen LogP contribution in [0.15, 0.2) is 28.4 Å². The van der Waals surface area contributed by atoms with Crippen molar-refractivity contribution in [2.75, 3.05) is 31.2 Å². The number of nitrogens with zero attached hydrogens (tertiary/aromatic N) is 6. The number of hydrogen-bond donors (Lipinski definition) is 0. The van der Waals surface area contributed by atoms with Crippen molar-refractivity contribution in [2.24, 2.45) is 0 Å². The molecule has 0 aliphatic carbocycles. The number of hydrogen-bond acceptors (Lipinski definition) is 7. The van der Waals surface area contributed by atoms with Crippen LogP contribution < -0.4 is 4.90 Å². The number of anilines is 1. The SMILES string of the molecule is CCn1c(Sc2cccc(C#N)n2)nnc1N1CCOCC1. The third kappa shape index (κ3) is 3.05. The van der Waals surface area contributed by atoms with E-state index in [4.69, 9.17) is 10.00 Å². The minimum atomic E-state index is 0.404. The van der Waals surface area contributed by atoms with Crippen LogP contribution in [-0.4, -0.2) is 46.1 Å². The largest absolute Gasteiger partial charge is 0.378 e. The Morgan fingerprint density at radius 1 is 1.32 bits per heavy atom. The quantitative estimate of drug-likeness (QED) is 0.846. The fraction of sp³-hybridized carbons (Fsp3) is 0.429. The summed E-state index contributed by atoms with van der Waals surface area (Å²) in [4.78, 5) is 6.45. The molecule has 0 radical (unpaired) electrons. The van der Waals surface area contributed by atoms with Gasteiger partial charge in [-0.15, -0.1) is 10.2 Å². The first-order valence-corrected chi connectivity index (χ1v) is 7.94. The van der Waals surface area contributed by atoms with Gasteiger partial charge in [-0.1, -0.05) is 6.07 Å². The highest BCUT2D eigenvalue weighted by molar-refractivity contribution is 7.99. The predicted octanol–water partition coefficient (Wildman–Crippen LogP) is 1.55. The van der Waals surface area contributed by atoms with E-state index in [0.29, 0.717) is 18.9 Å². The second-order valence-electron chi connectivity index (χ2n) is 4.70. The average molecular weight is 316 g/mol. The van der Waals surface area contributed by atoms with Crippen LogP contribution in [-0.2, 0) is 11.3 Å². The van der Waals surface area contributed by atoms with Crippen molar-refractivity contribution in [1.29, 1.82) is 5.26 Å². The Morgan fingerprint density at radius 3 is 2.86 bits per heavy atom. The summed E-state index contributed by atoms with van der Waals surface area (Å²) in [7, 11) is 0. The second-order valence-corrected chi connectivity index (χ2v) is 5.69. The zero-order valence-electron chi connectivity index (χ0n) is 12.3. The maximum absolute atomic E-state index is 8.93. The van der Waals surface area contributed by atoms with Crippen molar-refractivity contribution in [1.82, 2.24) is 19.7 Å². The van der Waals surface area contributed by atoms with Crippen LogP contribution in [0.2, 0.25) is 0 Å². The van der Waals surface area contributed by atoms with Crippen LogP contribution in [0.1, 0.15) is 12.6 Å². The Kier molecular flexibility index (Phi) is 4.56. The Hall–Kier alpha value is -2.11. The molecule has 8 heteroatoms. The van der Waals surface area contributed by atoms with Gasteiger partial charge < -0.3 is 9.64 Å². The molecule has 114 valence electrons. The minimum absolute atomic E-state index is 0.404. The molecule has 2 aromatic rings. The third-order valence-electron chi connectivity index (χ3n) is 3.34. The van der Waals surface area contributed by atoms with Gasteiger partial charge in [0.15, 0.2) is 5.16 Å². The summed E-state index contributed by atoms with van der Waals surface area (Å²) in [6.07, 6.45) is 0. The van der Waals surface area contributed by atoms with E-state index < -0.39 is 0 Å². The van der Waals surface area contributed by atoms with Crippen LogP contribution >= 0.6 is 11.8 Å². The van der Waals surface area contributed by atoms with Crippen molar-refractivity contribution in [3.05, 3.63) is 23.9 Å². The van der Waals surface area contributed by atoms with Crippen molar-refractivity contribution in [3.8, 4) is 6.07 Å². The molecule has 0 amide bonds. The first-order chi connectivity index (χ1) is 10.8. The number of nitriles is 1. The van der Waals surface area contributed by atoms with E-state index in [0.717, 1.165) is 35.8 Å². The Labute approximate surface area is 132 Å². The zero-order valence-corrected chi connectivity index (χ0v) is 13.1. The van der Waals surface area contributed by atoms with Crippen molar-refractivity contribution in [3.63, 3.8) is 0 Å². The molecule has 3 rings (SSSR count). The number of morpholine rings is 1. The summed E-state index contributed by atoms with van der Waals surface area (Å²) in [5.41, 5.74) is 0.404. The van der Waals surface area contributed by atoms with Gasteiger partial charge in [-0.05, 0) is 30.8 Å². The van der Waals surface area contributed by atoms with Gasteiger partial charge in [0.05, 0.1) is 13.2 Å². The summed E-state index contributed by atoms with van der Waals surface area (Å²) in [5.74, 6) is 0.865. The van der Waals surface area contributed by atoms with E-state index in [9.17, 15) is 0 Å². The van der Waals surface area contributed by atoms with E-state index in [1.54, 1.807) is 6.07 Å². The van der Waals surface area contributed by atoms with Gasteiger partial charge in [0, 0.05) is 19.6 Å². The van der Waals surface area contributed by atoms with Gasteiger partial charge in [-0.3, -0.25) is 4.57 Å². The second kappa shape index (κ2) is 6.77. The normalized spacial score (nSPS) is 14.8. The molecular formula is C14H16N6OS. The molecule has 1 saturated heterocycles. The Bertz CT molecular complexity index is 689. The van der Waals surface area contributed by atoms with Gasteiger partial charge in [0.1, 0.15) is 16.8 Å². The molecule has 0 N–H and O–H groups in total. The van der Waals surface area contributed by atoms with E-state index >= 15 is 0 Å². The standard InChI is InChI=1S/C14H16N6OS/c1-2-20-13(19-6-8-21-9-7-19)17-18-14(20)22-12-5-3-4-11(10-15)16-12/h3-5H,2,6-9H2,1H3. The van der Waals surface area contributed by atoms with Gasteiger partial charge in [-0.25, -0.2) is 4.98 Å². The maximum atomic E-state index is 8.93. The van der Waals surface area contributed by atoms with Crippen LogP contribution in [0.5, 0.6) is 0 Å². The van der Waals surface area contributed by atoms with Gasteiger partial charge in [-0.2, -0.15) is 5.26 Å². The number of pyridine rings is 1. The summed E-state index contributed by atoms with van der Waals surface area (Å²) < 4.78 is 7.44. The smallest absolute Gasteiger partial charge is 0.228 e. The lowest BCUT2D eigenvalue weighted by Gasteiger charge is -2.27. The number of aromatic nitrogens is 4. The molecule has 2 aromatic heterocycles. The van der Waals surface area contributed by atoms with Gasteiger partial charge in [0.25, 0.3) is 0 Å². The molecule has 0 unspecified atom stereocenters. The average Bonchev–Trinajstić information content (AvgIpc) is 2.98. The predicted molar refractivity (Wildman–Crippen MR) is 81.8 cm³/mol. The highest BCUT2D eigenvalue weighted by atomic mass is 32.2. The minimum Gasteiger partial charge on any atom is -0.378 e. The summed E-state index contributed by atoms with van der Waals surface area (Å²) in [6, 6.07) is 7.43. The van der Waals surface area contributed by atoms with Gasteiger partial charge >= 0.3 is 0 Å². The Morgan fingerprint density at radius 2 is 2.14 bits per heavy atom. The van der Waals surface area contributed by atoms with E-state index in [-0.39, 0.29) is 0 Å².